The molecule has 1 aromatic carbocycles. The summed E-state index contributed by atoms with van der Waals surface area (Å²) >= 11 is 0. The van der Waals surface area contributed by atoms with Crippen LogP contribution in [-0.4, -0.2) is 0 Å². The standard InChI is InChI=1S/C25H35N/c1-5-12-23-18-25(26)24(17-21(23)4)20(3)14-8-6-7-9-15-22-16-11-10-13-19(22)2/h5,11-12,16-18H,3,6-10,13-15,26H2,1-2,4H3/b12-5+. The Kier molecular flexibility index (Phi) is 7.97. The molecule has 26 heavy (non-hydrogen) atoms. The van der Waals surface area contributed by atoms with Crippen molar-refractivity contribution in [1.82, 2.24) is 0 Å². The fraction of sp³-hybridized carbons (Fsp3) is 0.440. The van der Waals surface area contributed by atoms with Crippen molar-refractivity contribution in [2.75, 3.05) is 5.73 Å². The van der Waals surface area contributed by atoms with Gasteiger partial charge in [0, 0.05) is 11.3 Å². The summed E-state index contributed by atoms with van der Waals surface area (Å²) in [6.07, 6.45) is 18.6. The molecule has 2 rings (SSSR count). The molecule has 0 atom stereocenters. The second kappa shape index (κ2) is 10.2. The average molecular weight is 350 g/mol. The van der Waals surface area contributed by atoms with E-state index in [0.29, 0.717) is 0 Å². The summed E-state index contributed by atoms with van der Waals surface area (Å²) in [4.78, 5) is 0. The zero-order valence-electron chi connectivity index (χ0n) is 16.9. The van der Waals surface area contributed by atoms with Crippen LogP contribution in [0.25, 0.3) is 11.6 Å². The molecule has 0 amide bonds. The molecule has 2 N–H and O–H groups in total. The molecule has 0 spiro atoms. The van der Waals surface area contributed by atoms with E-state index >= 15 is 0 Å². The highest BCUT2D eigenvalue weighted by Gasteiger charge is 2.08. The van der Waals surface area contributed by atoms with Gasteiger partial charge in [-0.05, 0) is 93.7 Å². The Morgan fingerprint density at radius 3 is 2.65 bits per heavy atom. The predicted octanol–water partition coefficient (Wildman–Crippen LogP) is 7.63. The van der Waals surface area contributed by atoms with Gasteiger partial charge in [0.15, 0.2) is 0 Å². The van der Waals surface area contributed by atoms with Gasteiger partial charge < -0.3 is 5.73 Å². The van der Waals surface area contributed by atoms with Gasteiger partial charge in [0.05, 0.1) is 0 Å². The zero-order valence-corrected chi connectivity index (χ0v) is 16.9. The van der Waals surface area contributed by atoms with Crippen molar-refractivity contribution in [3.05, 3.63) is 64.8 Å². The fourth-order valence-electron chi connectivity index (χ4n) is 3.67. The van der Waals surface area contributed by atoms with Crippen LogP contribution in [0.3, 0.4) is 0 Å². The van der Waals surface area contributed by atoms with Crippen molar-refractivity contribution in [3.8, 4) is 0 Å². The normalized spacial score (nSPS) is 14.4. The van der Waals surface area contributed by atoms with E-state index in [0.717, 1.165) is 17.7 Å². The van der Waals surface area contributed by atoms with E-state index in [9.17, 15) is 0 Å². The Morgan fingerprint density at radius 1 is 1.15 bits per heavy atom. The van der Waals surface area contributed by atoms with Gasteiger partial charge in [0.25, 0.3) is 0 Å². The van der Waals surface area contributed by atoms with E-state index < -0.39 is 0 Å². The number of nitrogen functional groups attached to an aromatic ring is 1. The summed E-state index contributed by atoms with van der Waals surface area (Å²) in [6.45, 7) is 10.8. The van der Waals surface area contributed by atoms with E-state index in [1.54, 1.807) is 11.1 Å². The summed E-state index contributed by atoms with van der Waals surface area (Å²) in [5.74, 6) is 0. The molecule has 0 saturated heterocycles. The van der Waals surface area contributed by atoms with Crippen LogP contribution in [0.4, 0.5) is 5.69 Å². The van der Waals surface area contributed by atoms with E-state index in [1.807, 2.05) is 6.92 Å². The molecule has 1 nitrogen and oxygen atoms in total. The van der Waals surface area contributed by atoms with Crippen LogP contribution in [0.2, 0.25) is 0 Å². The van der Waals surface area contributed by atoms with Crippen LogP contribution < -0.4 is 5.73 Å². The quantitative estimate of drug-likeness (QED) is 0.360. The van der Waals surface area contributed by atoms with E-state index in [1.165, 1.54) is 61.6 Å². The van der Waals surface area contributed by atoms with Gasteiger partial charge in [-0.3, -0.25) is 0 Å². The molecule has 0 radical (unpaired) electrons. The monoisotopic (exact) mass is 349 g/mol. The van der Waals surface area contributed by atoms with Crippen LogP contribution >= 0.6 is 0 Å². The molecule has 1 aliphatic carbocycles. The first-order valence-corrected chi connectivity index (χ1v) is 10.1. The number of rotatable bonds is 9. The van der Waals surface area contributed by atoms with Gasteiger partial charge in [0.2, 0.25) is 0 Å². The lowest BCUT2D eigenvalue weighted by Gasteiger charge is -2.13. The number of aryl methyl sites for hydroxylation is 1. The number of anilines is 1. The Hall–Kier alpha value is -2.02. The molecule has 0 heterocycles. The topological polar surface area (TPSA) is 26.0 Å². The molecule has 0 aliphatic heterocycles. The Morgan fingerprint density at radius 2 is 1.92 bits per heavy atom. The van der Waals surface area contributed by atoms with Crippen molar-refractivity contribution in [2.45, 2.75) is 72.1 Å². The van der Waals surface area contributed by atoms with Crippen LogP contribution in [0.5, 0.6) is 0 Å². The van der Waals surface area contributed by atoms with Crippen molar-refractivity contribution in [3.63, 3.8) is 0 Å². The third-order valence-corrected chi connectivity index (χ3v) is 5.39. The molecular weight excluding hydrogens is 314 g/mol. The Labute approximate surface area is 160 Å². The van der Waals surface area contributed by atoms with Crippen LogP contribution in [-0.2, 0) is 0 Å². The van der Waals surface area contributed by atoms with Gasteiger partial charge in [0.1, 0.15) is 0 Å². The van der Waals surface area contributed by atoms with Crippen LogP contribution in [0.15, 0.2) is 48.1 Å². The summed E-state index contributed by atoms with van der Waals surface area (Å²) in [5.41, 5.74) is 15.0. The van der Waals surface area contributed by atoms with E-state index in [4.69, 9.17) is 5.73 Å². The molecule has 0 unspecified atom stereocenters. The number of benzene rings is 1. The number of allylic oxidation sites excluding steroid dienone is 6. The van der Waals surface area contributed by atoms with Gasteiger partial charge in [-0.25, -0.2) is 0 Å². The minimum atomic E-state index is 0.847. The minimum Gasteiger partial charge on any atom is -0.398 e. The molecule has 0 aromatic heterocycles. The van der Waals surface area contributed by atoms with Crippen LogP contribution in [0, 0.1) is 6.92 Å². The predicted molar refractivity (Wildman–Crippen MR) is 118 cm³/mol. The third kappa shape index (κ3) is 5.76. The lowest BCUT2D eigenvalue weighted by atomic mass is 9.93. The number of nitrogens with two attached hydrogens (primary N) is 1. The fourth-order valence-corrected chi connectivity index (χ4v) is 3.67. The first kappa shape index (κ1) is 20.3. The molecule has 0 bridgehead atoms. The summed E-state index contributed by atoms with van der Waals surface area (Å²) in [7, 11) is 0. The molecule has 0 fully saturated rings. The largest absolute Gasteiger partial charge is 0.398 e. The molecular formula is C25H35N. The zero-order chi connectivity index (χ0) is 18.9. The van der Waals surface area contributed by atoms with Gasteiger partial charge in [-0.1, -0.05) is 49.3 Å². The maximum atomic E-state index is 6.26. The molecule has 1 heteroatoms. The number of hydrogen-bond acceptors (Lipinski definition) is 1. The second-order valence-corrected chi connectivity index (χ2v) is 7.56. The van der Waals surface area contributed by atoms with Crippen molar-refractivity contribution >= 4 is 17.3 Å². The highest BCUT2D eigenvalue weighted by atomic mass is 14.6. The summed E-state index contributed by atoms with van der Waals surface area (Å²) < 4.78 is 0. The lowest BCUT2D eigenvalue weighted by Crippen LogP contribution is -1.97. The smallest absolute Gasteiger partial charge is 0.0396 e. The highest BCUT2D eigenvalue weighted by Crippen LogP contribution is 2.29. The first-order chi connectivity index (χ1) is 12.5. The molecule has 140 valence electrons. The minimum absolute atomic E-state index is 0.847. The molecule has 1 aliphatic rings. The average Bonchev–Trinajstić information content (AvgIpc) is 2.62. The van der Waals surface area contributed by atoms with Crippen molar-refractivity contribution in [1.29, 1.82) is 0 Å². The van der Waals surface area contributed by atoms with Gasteiger partial charge in [-0.15, -0.1) is 0 Å². The van der Waals surface area contributed by atoms with Crippen LogP contribution in [0.1, 0.15) is 81.9 Å². The number of unbranched alkanes of at least 4 members (excludes halogenated alkanes) is 3. The maximum Gasteiger partial charge on any atom is 0.0396 e. The SMILES string of the molecule is C=C(CCCCCCC1=C(C)CCC=C1)c1cc(C)c(/C=C/C)cc1N. The van der Waals surface area contributed by atoms with Gasteiger partial charge in [-0.2, -0.15) is 0 Å². The summed E-state index contributed by atoms with van der Waals surface area (Å²) in [5, 5.41) is 0. The van der Waals surface area contributed by atoms with E-state index in [2.05, 4.69) is 56.9 Å². The highest BCUT2D eigenvalue weighted by molar-refractivity contribution is 5.77. The third-order valence-electron chi connectivity index (χ3n) is 5.39. The van der Waals surface area contributed by atoms with Crippen molar-refractivity contribution in [2.24, 2.45) is 0 Å². The second-order valence-electron chi connectivity index (χ2n) is 7.56. The van der Waals surface area contributed by atoms with E-state index in [-0.39, 0.29) is 0 Å². The summed E-state index contributed by atoms with van der Waals surface area (Å²) in [6, 6.07) is 4.27. The Bertz CT molecular complexity index is 716. The maximum absolute atomic E-state index is 6.26. The van der Waals surface area contributed by atoms with Gasteiger partial charge >= 0.3 is 0 Å². The first-order valence-electron chi connectivity index (χ1n) is 10.1. The molecule has 1 aromatic rings. The number of hydrogen-bond donors (Lipinski definition) is 1. The molecule has 0 saturated carbocycles. The lowest BCUT2D eigenvalue weighted by molar-refractivity contribution is 0.647. The Balaban J connectivity index is 1.75. The van der Waals surface area contributed by atoms with Crippen molar-refractivity contribution < 1.29 is 0 Å².